The van der Waals surface area contributed by atoms with Crippen molar-refractivity contribution in [1.29, 1.82) is 0 Å². The summed E-state index contributed by atoms with van der Waals surface area (Å²) in [7, 11) is 4.67. The SMILES string of the molecule is COc1ccc(C(=O)[C@@H]2[C@H](c3ccc(OC)cc3OC)C3(C(=O)c4ccccc4C3=O)[C@@H]3C=Cc4ccccc4N23)cc1. The average Bonchev–Trinajstić information content (AvgIpc) is 3.50. The van der Waals surface area contributed by atoms with Crippen LogP contribution in [0.3, 0.4) is 0 Å². The number of hydrogen-bond acceptors (Lipinski definition) is 7. The normalized spacial score (nSPS) is 20.9. The highest BCUT2D eigenvalue weighted by Crippen LogP contribution is 2.62. The van der Waals surface area contributed by atoms with Gasteiger partial charge in [0.25, 0.3) is 0 Å². The van der Waals surface area contributed by atoms with Gasteiger partial charge in [-0.1, -0.05) is 60.7 Å². The smallest absolute Gasteiger partial charge is 0.185 e. The van der Waals surface area contributed by atoms with Crippen LogP contribution in [0.1, 0.15) is 48.1 Å². The highest BCUT2D eigenvalue weighted by Gasteiger charge is 2.72. The Hall–Kier alpha value is -5.17. The molecule has 0 amide bonds. The van der Waals surface area contributed by atoms with Crippen molar-refractivity contribution in [1.82, 2.24) is 0 Å². The lowest BCUT2D eigenvalue weighted by Crippen LogP contribution is -2.48. The molecule has 4 aromatic rings. The van der Waals surface area contributed by atoms with E-state index in [0.717, 1.165) is 11.3 Å². The van der Waals surface area contributed by atoms with Gasteiger partial charge in [-0.3, -0.25) is 14.4 Å². The Balaban J connectivity index is 1.55. The zero-order valence-electron chi connectivity index (χ0n) is 23.9. The maximum atomic E-state index is 14.8. The summed E-state index contributed by atoms with van der Waals surface area (Å²) in [6.07, 6.45) is 3.86. The largest absolute Gasteiger partial charge is 0.497 e. The van der Waals surface area contributed by atoms with Crippen LogP contribution in [-0.4, -0.2) is 50.8 Å². The van der Waals surface area contributed by atoms with Crippen LogP contribution in [0.15, 0.2) is 97.1 Å². The van der Waals surface area contributed by atoms with Crippen molar-refractivity contribution >= 4 is 29.1 Å². The van der Waals surface area contributed by atoms with Crippen LogP contribution in [0, 0.1) is 5.41 Å². The van der Waals surface area contributed by atoms with Gasteiger partial charge in [-0.2, -0.15) is 0 Å². The van der Waals surface area contributed by atoms with E-state index >= 15 is 0 Å². The number of Topliss-reactive ketones (excluding diaryl/α,β-unsaturated/α-hetero) is 3. The number of hydrogen-bond donors (Lipinski definition) is 0. The molecule has 0 radical (unpaired) electrons. The molecule has 1 spiro atoms. The highest BCUT2D eigenvalue weighted by atomic mass is 16.5. The molecule has 1 fully saturated rings. The van der Waals surface area contributed by atoms with Crippen molar-refractivity contribution in [2.24, 2.45) is 5.41 Å². The van der Waals surface area contributed by atoms with Crippen LogP contribution < -0.4 is 19.1 Å². The maximum Gasteiger partial charge on any atom is 0.185 e. The van der Waals surface area contributed by atoms with Gasteiger partial charge < -0.3 is 19.1 Å². The number of nitrogens with zero attached hydrogens (tertiary/aromatic N) is 1. The van der Waals surface area contributed by atoms with E-state index in [1.54, 1.807) is 74.9 Å². The molecule has 1 aliphatic carbocycles. The summed E-state index contributed by atoms with van der Waals surface area (Å²) in [6, 6.07) is 25.3. The minimum Gasteiger partial charge on any atom is -0.497 e. The van der Waals surface area contributed by atoms with Crippen molar-refractivity contribution in [2.75, 3.05) is 26.2 Å². The van der Waals surface area contributed by atoms with Gasteiger partial charge in [0.1, 0.15) is 28.7 Å². The van der Waals surface area contributed by atoms with Crippen molar-refractivity contribution in [2.45, 2.75) is 18.0 Å². The molecule has 2 aliphatic heterocycles. The summed E-state index contributed by atoms with van der Waals surface area (Å²) in [6.45, 7) is 0. The summed E-state index contributed by atoms with van der Waals surface area (Å²) in [5, 5.41) is 0. The van der Waals surface area contributed by atoms with Gasteiger partial charge >= 0.3 is 0 Å². The molecular formula is C36H29NO6. The van der Waals surface area contributed by atoms with Crippen LogP contribution in [0.2, 0.25) is 0 Å². The minimum atomic E-state index is -1.62. The zero-order valence-corrected chi connectivity index (χ0v) is 23.9. The molecule has 7 rings (SSSR count). The van der Waals surface area contributed by atoms with Crippen molar-refractivity contribution in [3.05, 3.63) is 125 Å². The number of anilines is 1. The van der Waals surface area contributed by atoms with E-state index < -0.39 is 23.4 Å². The van der Waals surface area contributed by atoms with E-state index in [0.29, 0.717) is 39.5 Å². The van der Waals surface area contributed by atoms with Crippen LogP contribution >= 0.6 is 0 Å². The fraction of sp³-hybridized carbons (Fsp3) is 0.194. The van der Waals surface area contributed by atoms with Gasteiger partial charge in [-0.05, 0) is 42.0 Å². The quantitative estimate of drug-likeness (QED) is 0.207. The van der Waals surface area contributed by atoms with E-state index in [-0.39, 0.29) is 17.3 Å². The fourth-order valence-electron chi connectivity index (χ4n) is 7.26. The van der Waals surface area contributed by atoms with E-state index in [4.69, 9.17) is 14.2 Å². The number of benzene rings is 4. The first-order chi connectivity index (χ1) is 20.9. The minimum absolute atomic E-state index is 0.214. The second-order valence-electron chi connectivity index (χ2n) is 11.0. The molecule has 1 saturated heterocycles. The second kappa shape index (κ2) is 9.98. The molecule has 0 saturated carbocycles. The topological polar surface area (TPSA) is 82.1 Å². The van der Waals surface area contributed by atoms with Gasteiger partial charge in [0.05, 0.1) is 27.4 Å². The third-order valence-electron chi connectivity index (χ3n) is 9.13. The third-order valence-corrected chi connectivity index (χ3v) is 9.13. The Labute approximate surface area is 249 Å². The van der Waals surface area contributed by atoms with Gasteiger partial charge in [0.2, 0.25) is 0 Å². The molecule has 0 N–H and O–H groups in total. The lowest BCUT2D eigenvalue weighted by molar-refractivity contribution is 0.0665. The molecular weight excluding hydrogens is 542 g/mol. The number of methoxy groups -OCH3 is 3. The Morgan fingerprint density at radius 1 is 0.744 bits per heavy atom. The lowest BCUT2D eigenvalue weighted by atomic mass is 9.64. The second-order valence-corrected chi connectivity index (χ2v) is 11.0. The molecule has 43 heavy (non-hydrogen) atoms. The predicted octanol–water partition coefficient (Wildman–Crippen LogP) is 6.03. The number of para-hydroxylation sites is 1. The molecule has 3 atom stereocenters. The Bertz CT molecular complexity index is 1790. The van der Waals surface area contributed by atoms with E-state index in [1.165, 1.54) is 7.11 Å². The molecule has 0 unspecified atom stereocenters. The number of ether oxygens (including phenoxy) is 3. The first-order valence-corrected chi connectivity index (χ1v) is 14.1. The number of rotatable bonds is 6. The summed E-state index contributed by atoms with van der Waals surface area (Å²) in [5.41, 5.74) is 1.84. The Morgan fingerprint density at radius 2 is 1.37 bits per heavy atom. The van der Waals surface area contributed by atoms with E-state index in [1.807, 2.05) is 47.4 Å². The van der Waals surface area contributed by atoms with E-state index in [9.17, 15) is 14.4 Å². The first kappa shape index (κ1) is 26.7. The van der Waals surface area contributed by atoms with Crippen molar-refractivity contribution in [3.63, 3.8) is 0 Å². The lowest BCUT2D eigenvalue weighted by Gasteiger charge is -2.37. The number of ketones is 3. The van der Waals surface area contributed by atoms with Gasteiger partial charge in [-0.15, -0.1) is 0 Å². The van der Waals surface area contributed by atoms with Gasteiger partial charge in [-0.25, -0.2) is 0 Å². The van der Waals surface area contributed by atoms with Crippen LogP contribution in [0.4, 0.5) is 5.69 Å². The summed E-state index contributed by atoms with van der Waals surface area (Å²) >= 11 is 0. The summed E-state index contributed by atoms with van der Waals surface area (Å²) in [4.78, 5) is 46.5. The molecule has 0 aromatic heterocycles. The zero-order chi connectivity index (χ0) is 29.9. The highest BCUT2D eigenvalue weighted by molar-refractivity contribution is 6.32. The molecule has 4 aromatic carbocycles. The van der Waals surface area contributed by atoms with Crippen LogP contribution in [0.5, 0.6) is 17.2 Å². The fourth-order valence-corrected chi connectivity index (χ4v) is 7.26. The van der Waals surface area contributed by atoms with Crippen molar-refractivity contribution in [3.8, 4) is 17.2 Å². The number of carbonyl (C=O) groups is 3. The number of carbonyl (C=O) groups excluding carboxylic acids is 3. The summed E-state index contributed by atoms with van der Waals surface area (Å²) in [5.74, 6) is -0.0789. The first-order valence-electron chi connectivity index (χ1n) is 14.1. The summed E-state index contributed by atoms with van der Waals surface area (Å²) < 4.78 is 16.7. The standard InChI is InChI=1S/C36H29NO6/c1-41-23-15-12-22(13-16-23)33(38)32-31(27-18-17-24(42-2)20-29(27)43-3)36(34(39)25-9-5-6-10-26(25)35(36)40)30-19-14-21-8-4-7-11-28(21)37(30)32/h4-20,30-32H,1-3H3/t30-,31-,32-/m0/s1. The maximum absolute atomic E-state index is 14.8. The Kier molecular flexibility index (Phi) is 6.20. The van der Waals surface area contributed by atoms with Gasteiger partial charge in [0, 0.05) is 39.9 Å². The third kappa shape index (κ3) is 3.64. The average molecular weight is 572 g/mol. The Morgan fingerprint density at radius 3 is 2.02 bits per heavy atom. The monoisotopic (exact) mass is 571 g/mol. The molecule has 2 heterocycles. The molecule has 7 nitrogen and oxygen atoms in total. The molecule has 7 heteroatoms. The molecule has 214 valence electrons. The predicted molar refractivity (Wildman–Crippen MR) is 163 cm³/mol. The van der Waals surface area contributed by atoms with Gasteiger partial charge in [0.15, 0.2) is 17.3 Å². The molecule has 0 bridgehead atoms. The van der Waals surface area contributed by atoms with Crippen LogP contribution in [0.25, 0.3) is 6.08 Å². The molecule has 3 aliphatic rings. The van der Waals surface area contributed by atoms with Crippen molar-refractivity contribution < 1.29 is 28.6 Å². The van der Waals surface area contributed by atoms with Crippen LogP contribution in [-0.2, 0) is 0 Å². The van der Waals surface area contributed by atoms with E-state index in [2.05, 4.69) is 0 Å². The number of fused-ring (bicyclic) bond motifs is 5.